The number of benzene rings is 3. The summed E-state index contributed by atoms with van der Waals surface area (Å²) in [5.41, 5.74) is 10.6. The summed E-state index contributed by atoms with van der Waals surface area (Å²) in [6.45, 7) is 0. The van der Waals surface area contributed by atoms with E-state index in [-0.39, 0.29) is 5.41 Å². The van der Waals surface area contributed by atoms with Gasteiger partial charge in [-0.2, -0.15) is 0 Å². The van der Waals surface area contributed by atoms with Gasteiger partial charge in [-0.05, 0) is 57.4 Å². The number of hydrogen-bond acceptors (Lipinski definition) is 0. The molecule has 3 aliphatic rings. The average molecular weight is 353 g/mol. The molecule has 0 aliphatic heterocycles. The zero-order valence-electron chi connectivity index (χ0n) is 14.3. The van der Waals surface area contributed by atoms with Crippen LogP contribution in [0.5, 0.6) is 0 Å². The molecule has 0 saturated carbocycles. The minimum absolute atomic E-state index is 0.271. The fraction of sp³-hybridized carbons (Fsp3) is 0.120. The second-order valence-electron chi connectivity index (χ2n) is 7.33. The summed E-state index contributed by atoms with van der Waals surface area (Å²) in [5.74, 6) is 0. The third-order valence-corrected chi connectivity index (χ3v) is 6.59. The van der Waals surface area contributed by atoms with Gasteiger partial charge in [0.15, 0.2) is 0 Å². The SMILES string of the molecule is ClC1=CCCC2=C1C1(c3ccccc32)c2ccccc2-c2ccccc21. The lowest BCUT2D eigenvalue weighted by molar-refractivity contribution is 0.776. The molecule has 0 heterocycles. The van der Waals surface area contributed by atoms with Crippen molar-refractivity contribution in [3.8, 4) is 11.1 Å². The molecule has 0 atom stereocenters. The van der Waals surface area contributed by atoms with Gasteiger partial charge in [-0.1, -0.05) is 90.5 Å². The monoisotopic (exact) mass is 352 g/mol. The Balaban J connectivity index is 1.85. The van der Waals surface area contributed by atoms with Crippen molar-refractivity contribution in [1.29, 1.82) is 0 Å². The van der Waals surface area contributed by atoms with Gasteiger partial charge in [0.05, 0.1) is 5.41 Å². The van der Waals surface area contributed by atoms with Crippen LogP contribution in [-0.4, -0.2) is 0 Å². The molecule has 3 aromatic rings. The Hall–Kier alpha value is -2.57. The van der Waals surface area contributed by atoms with Crippen molar-refractivity contribution in [2.45, 2.75) is 18.3 Å². The van der Waals surface area contributed by atoms with Crippen LogP contribution in [0.2, 0.25) is 0 Å². The quantitative estimate of drug-likeness (QED) is 0.423. The second-order valence-corrected chi connectivity index (χ2v) is 7.74. The number of hydrogen-bond donors (Lipinski definition) is 0. The van der Waals surface area contributed by atoms with Crippen molar-refractivity contribution in [1.82, 2.24) is 0 Å². The first-order chi connectivity index (χ1) is 12.8. The van der Waals surface area contributed by atoms with E-state index in [4.69, 9.17) is 11.6 Å². The number of halogens is 1. The highest BCUT2D eigenvalue weighted by Gasteiger charge is 2.53. The molecule has 1 spiro atoms. The molecule has 0 radical (unpaired) electrons. The summed E-state index contributed by atoms with van der Waals surface area (Å²) >= 11 is 6.91. The van der Waals surface area contributed by atoms with Crippen molar-refractivity contribution in [2.24, 2.45) is 0 Å². The number of fused-ring (bicyclic) bond motifs is 9. The largest absolute Gasteiger partial charge is 0.0843 e. The molecule has 0 N–H and O–H groups in total. The predicted molar refractivity (Wildman–Crippen MR) is 108 cm³/mol. The Morgan fingerprint density at radius 1 is 0.654 bits per heavy atom. The highest BCUT2D eigenvalue weighted by molar-refractivity contribution is 6.33. The summed E-state index contributed by atoms with van der Waals surface area (Å²) in [5, 5.41) is 0.925. The zero-order chi connectivity index (χ0) is 17.3. The van der Waals surface area contributed by atoms with Gasteiger partial charge in [0, 0.05) is 5.03 Å². The normalized spacial score (nSPS) is 18.3. The van der Waals surface area contributed by atoms with E-state index in [1.54, 1.807) is 0 Å². The van der Waals surface area contributed by atoms with Crippen LogP contribution in [-0.2, 0) is 5.41 Å². The van der Waals surface area contributed by atoms with Crippen molar-refractivity contribution >= 4 is 17.2 Å². The topological polar surface area (TPSA) is 0 Å². The Morgan fingerprint density at radius 2 is 1.15 bits per heavy atom. The van der Waals surface area contributed by atoms with Crippen LogP contribution in [0.3, 0.4) is 0 Å². The van der Waals surface area contributed by atoms with Crippen LogP contribution >= 0.6 is 11.6 Å². The van der Waals surface area contributed by atoms with Crippen LogP contribution in [0.25, 0.3) is 16.7 Å². The van der Waals surface area contributed by atoms with E-state index in [2.05, 4.69) is 78.9 Å². The smallest absolute Gasteiger partial charge is 0.0736 e. The lowest BCUT2D eigenvalue weighted by atomic mass is 9.69. The maximum Gasteiger partial charge on any atom is 0.0736 e. The van der Waals surface area contributed by atoms with E-state index < -0.39 is 0 Å². The van der Waals surface area contributed by atoms with Gasteiger partial charge in [0.1, 0.15) is 0 Å². The predicted octanol–water partition coefficient (Wildman–Crippen LogP) is 6.69. The lowest BCUT2D eigenvalue weighted by Crippen LogP contribution is -2.28. The van der Waals surface area contributed by atoms with Crippen LogP contribution in [0.4, 0.5) is 0 Å². The maximum atomic E-state index is 6.91. The first kappa shape index (κ1) is 14.6. The highest BCUT2D eigenvalue weighted by atomic mass is 35.5. The zero-order valence-corrected chi connectivity index (χ0v) is 15.1. The Labute approximate surface area is 158 Å². The molecular weight excluding hydrogens is 336 g/mol. The Kier molecular flexibility index (Phi) is 2.80. The van der Waals surface area contributed by atoms with E-state index in [1.165, 1.54) is 44.5 Å². The molecule has 1 heteroatoms. The number of rotatable bonds is 0. The average Bonchev–Trinajstić information content (AvgIpc) is 3.16. The number of allylic oxidation sites excluding steroid dienone is 4. The van der Waals surface area contributed by atoms with Gasteiger partial charge in [-0.25, -0.2) is 0 Å². The Morgan fingerprint density at radius 3 is 1.77 bits per heavy atom. The van der Waals surface area contributed by atoms with Gasteiger partial charge < -0.3 is 0 Å². The minimum atomic E-state index is -0.271. The van der Waals surface area contributed by atoms with Crippen LogP contribution in [0.1, 0.15) is 35.1 Å². The van der Waals surface area contributed by atoms with Crippen molar-refractivity contribution in [3.63, 3.8) is 0 Å². The minimum Gasteiger partial charge on any atom is -0.0843 e. The van der Waals surface area contributed by atoms with Crippen LogP contribution in [0.15, 0.2) is 89.5 Å². The Bertz CT molecular complexity index is 1100. The van der Waals surface area contributed by atoms with Crippen molar-refractivity contribution in [2.75, 3.05) is 0 Å². The van der Waals surface area contributed by atoms with Gasteiger partial charge in [-0.3, -0.25) is 0 Å². The molecule has 0 nitrogen and oxygen atoms in total. The molecule has 0 unspecified atom stereocenters. The maximum absolute atomic E-state index is 6.91. The summed E-state index contributed by atoms with van der Waals surface area (Å²) in [4.78, 5) is 0. The molecule has 3 aromatic carbocycles. The third kappa shape index (κ3) is 1.53. The second kappa shape index (κ2) is 4.99. The van der Waals surface area contributed by atoms with Gasteiger partial charge in [0.2, 0.25) is 0 Å². The summed E-state index contributed by atoms with van der Waals surface area (Å²) in [6.07, 6.45) is 4.29. The standard InChI is InChI=1S/C25H17Cl/c26-23-15-7-11-19-18-10-3-6-14-22(18)25(24(19)23)20-12-4-1-8-16(20)17-9-2-5-13-21(17)25/h1-6,8-10,12-15H,7,11H2. The molecule has 0 saturated heterocycles. The van der Waals surface area contributed by atoms with Crippen molar-refractivity contribution in [3.05, 3.63) is 112 Å². The van der Waals surface area contributed by atoms with Gasteiger partial charge >= 0.3 is 0 Å². The molecule has 0 bridgehead atoms. The molecular formula is C25H17Cl. The van der Waals surface area contributed by atoms with E-state index in [0.717, 1.165) is 17.9 Å². The van der Waals surface area contributed by atoms with Gasteiger partial charge in [0.25, 0.3) is 0 Å². The van der Waals surface area contributed by atoms with E-state index in [0.29, 0.717) is 0 Å². The molecule has 26 heavy (non-hydrogen) atoms. The van der Waals surface area contributed by atoms with E-state index in [1.807, 2.05) is 0 Å². The van der Waals surface area contributed by atoms with Crippen molar-refractivity contribution < 1.29 is 0 Å². The van der Waals surface area contributed by atoms with E-state index >= 15 is 0 Å². The molecule has 0 aromatic heterocycles. The molecule has 3 aliphatic carbocycles. The third-order valence-electron chi connectivity index (χ3n) is 6.24. The molecule has 0 fully saturated rings. The summed E-state index contributed by atoms with van der Waals surface area (Å²) in [6, 6.07) is 26.6. The lowest BCUT2D eigenvalue weighted by Gasteiger charge is -2.33. The first-order valence-electron chi connectivity index (χ1n) is 9.22. The summed E-state index contributed by atoms with van der Waals surface area (Å²) in [7, 11) is 0. The highest BCUT2D eigenvalue weighted by Crippen LogP contribution is 2.64. The molecule has 0 amide bonds. The fourth-order valence-electron chi connectivity index (χ4n) is 5.39. The molecule has 6 rings (SSSR count). The van der Waals surface area contributed by atoms with Gasteiger partial charge in [-0.15, -0.1) is 0 Å². The van der Waals surface area contributed by atoms with E-state index in [9.17, 15) is 0 Å². The first-order valence-corrected chi connectivity index (χ1v) is 9.60. The van der Waals surface area contributed by atoms with Crippen LogP contribution < -0.4 is 0 Å². The molecule has 124 valence electrons. The van der Waals surface area contributed by atoms with Crippen LogP contribution in [0, 0.1) is 0 Å². The fourth-order valence-corrected chi connectivity index (χ4v) is 5.76. The summed E-state index contributed by atoms with van der Waals surface area (Å²) < 4.78 is 0.